The first-order chi connectivity index (χ1) is 10.1. The molecule has 2 N–H and O–H groups in total. The van der Waals surface area contributed by atoms with E-state index >= 15 is 0 Å². The van der Waals surface area contributed by atoms with Crippen molar-refractivity contribution in [2.45, 2.75) is 6.42 Å². The molecule has 0 aliphatic heterocycles. The first-order valence-electron chi connectivity index (χ1n) is 6.39. The molecular formula is C15H15CoN2O4-. The predicted octanol–water partition coefficient (Wildman–Crippen LogP) is 2.26. The topological polar surface area (TPSA) is 93.5 Å². The van der Waals surface area contributed by atoms with Crippen molar-refractivity contribution in [2.24, 2.45) is 0 Å². The number of nitrogens with one attached hydrogen (secondary N) is 1. The number of carboxylic acid groups (broad SMARTS) is 1. The monoisotopic (exact) mass is 346 g/mol. The number of likely N-dealkylation sites (N-methyl/N-ethyl adjacent to an activating group) is 1. The summed E-state index contributed by atoms with van der Waals surface area (Å²) in [5.74, 6) is -1.52. The molecule has 2 aromatic rings. The standard InChI is InChI=1S/C15H15N2O4.Co/c1-16-8-7-10-9-17-11-3-2-4-12(15(10)11)21-14(20)6-5-13(18)19;/h2-6,9,17H,7-8H2,1H3,(H,18,19);/q-1;/b6-5-;. The maximum absolute atomic E-state index is 11.6. The van der Waals surface area contributed by atoms with Crippen LogP contribution >= 0.6 is 0 Å². The quantitative estimate of drug-likeness (QED) is 0.477. The third-order valence-electron chi connectivity index (χ3n) is 2.93. The number of aliphatic carboxylic acids is 1. The molecule has 0 amide bonds. The van der Waals surface area contributed by atoms with Gasteiger partial charge in [-0.25, -0.2) is 9.59 Å². The third-order valence-corrected chi connectivity index (χ3v) is 2.93. The SMILES string of the molecule is C[N-]CCc1c[nH]c2cccc(OC(=O)/C=C\C(=O)O)c12.[Co]. The number of aromatic amines is 1. The van der Waals surface area contributed by atoms with Gasteiger partial charge in [-0.1, -0.05) is 6.07 Å². The minimum Gasteiger partial charge on any atom is -0.665 e. The van der Waals surface area contributed by atoms with Crippen LogP contribution in [0.3, 0.4) is 0 Å². The number of fused-ring (bicyclic) bond motifs is 1. The first-order valence-corrected chi connectivity index (χ1v) is 6.39. The Labute approximate surface area is 137 Å². The maximum atomic E-state index is 11.6. The Morgan fingerprint density at radius 2 is 2.14 bits per heavy atom. The number of nitrogens with zero attached hydrogens (tertiary/aromatic N) is 1. The Morgan fingerprint density at radius 3 is 2.82 bits per heavy atom. The van der Waals surface area contributed by atoms with Gasteiger partial charge in [-0.3, -0.25) is 0 Å². The summed E-state index contributed by atoms with van der Waals surface area (Å²) < 4.78 is 5.22. The van der Waals surface area contributed by atoms with E-state index in [1.807, 2.05) is 12.3 Å². The number of H-pyrrole nitrogens is 1. The number of carbonyl (C=O) groups excluding carboxylic acids is 1. The van der Waals surface area contributed by atoms with Crippen LogP contribution < -0.4 is 4.74 Å². The van der Waals surface area contributed by atoms with Gasteiger partial charge < -0.3 is 20.1 Å². The summed E-state index contributed by atoms with van der Waals surface area (Å²) in [6.07, 6.45) is 4.22. The Balaban J connectivity index is 0.00000242. The third kappa shape index (κ3) is 4.45. The van der Waals surface area contributed by atoms with Crippen molar-refractivity contribution in [3.8, 4) is 5.75 Å². The number of benzene rings is 1. The minimum atomic E-state index is -1.20. The largest absolute Gasteiger partial charge is 0.665 e. The van der Waals surface area contributed by atoms with E-state index in [9.17, 15) is 9.59 Å². The number of hydrogen-bond donors (Lipinski definition) is 2. The van der Waals surface area contributed by atoms with Crippen LogP contribution in [0.5, 0.6) is 5.75 Å². The summed E-state index contributed by atoms with van der Waals surface area (Å²) in [4.78, 5) is 25.1. The van der Waals surface area contributed by atoms with Crippen LogP contribution in [0, 0.1) is 0 Å². The van der Waals surface area contributed by atoms with E-state index in [-0.39, 0.29) is 16.8 Å². The van der Waals surface area contributed by atoms with Gasteiger partial charge in [-0.05, 0) is 24.1 Å². The van der Waals surface area contributed by atoms with Crippen LogP contribution in [0.15, 0.2) is 36.5 Å². The van der Waals surface area contributed by atoms with E-state index < -0.39 is 11.9 Å². The molecule has 1 aromatic heterocycles. The van der Waals surface area contributed by atoms with Crippen LogP contribution in [-0.4, -0.2) is 35.6 Å². The zero-order valence-electron chi connectivity index (χ0n) is 11.8. The van der Waals surface area contributed by atoms with Crippen molar-refractivity contribution in [2.75, 3.05) is 13.6 Å². The van der Waals surface area contributed by atoms with Crippen molar-refractivity contribution in [3.63, 3.8) is 0 Å². The van der Waals surface area contributed by atoms with E-state index in [1.54, 1.807) is 19.2 Å². The molecule has 0 fully saturated rings. The molecule has 0 bridgehead atoms. The molecule has 0 spiro atoms. The number of carboxylic acids is 1. The summed E-state index contributed by atoms with van der Waals surface area (Å²) in [5.41, 5.74) is 1.86. The van der Waals surface area contributed by atoms with Crippen LogP contribution in [0.25, 0.3) is 16.2 Å². The second-order valence-electron chi connectivity index (χ2n) is 4.38. The number of ether oxygens (including phenoxy) is 1. The fourth-order valence-electron chi connectivity index (χ4n) is 2.02. The second kappa shape index (κ2) is 8.37. The van der Waals surface area contributed by atoms with Crippen molar-refractivity contribution in [3.05, 3.63) is 47.4 Å². The number of hydrogen-bond acceptors (Lipinski definition) is 3. The van der Waals surface area contributed by atoms with Gasteiger partial charge >= 0.3 is 11.9 Å². The van der Waals surface area contributed by atoms with Gasteiger partial charge in [0, 0.05) is 46.0 Å². The van der Waals surface area contributed by atoms with Gasteiger partial charge in [0.25, 0.3) is 0 Å². The second-order valence-corrected chi connectivity index (χ2v) is 4.38. The van der Waals surface area contributed by atoms with Gasteiger partial charge in [-0.2, -0.15) is 7.05 Å². The van der Waals surface area contributed by atoms with E-state index in [0.717, 1.165) is 35.0 Å². The molecular weight excluding hydrogens is 331 g/mol. The molecule has 119 valence electrons. The maximum Gasteiger partial charge on any atom is 0.336 e. The summed E-state index contributed by atoms with van der Waals surface area (Å²) in [6, 6.07) is 5.32. The molecule has 0 atom stereocenters. The molecule has 0 aliphatic rings. The van der Waals surface area contributed by atoms with Crippen LogP contribution in [0.1, 0.15) is 5.56 Å². The zero-order valence-corrected chi connectivity index (χ0v) is 12.9. The van der Waals surface area contributed by atoms with Gasteiger partial charge in [0.2, 0.25) is 0 Å². The first kappa shape index (κ1) is 18.0. The number of esters is 1. The van der Waals surface area contributed by atoms with Crippen LogP contribution in [0.4, 0.5) is 0 Å². The Hall–Kier alpha value is -2.09. The Morgan fingerprint density at radius 1 is 1.36 bits per heavy atom. The van der Waals surface area contributed by atoms with Gasteiger partial charge in [-0.15, -0.1) is 6.54 Å². The van der Waals surface area contributed by atoms with E-state index in [2.05, 4.69) is 10.3 Å². The molecule has 2 rings (SSSR count). The molecule has 22 heavy (non-hydrogen) atoms. The Kier molecular flexibility index (Phi) is 6.83. The van der Waals surface area contributed by atoms with E-state index in [1.165, 1.54) is 0 Å². The minimum absolute atomic E-state index is 0. The normalized spacial score (nSPS) is 10.6. The van der Waals surface area contributed by atoms with Gasteiger partial charge in [0.1, 0.15) is 5.75 Å². The van der Waals surface area contributed by atoms with Gasteiger partial charge in [0.05, 0.1) is 0 Å². The summed E-state index contributed by atoms with van der Waals surface area (Å²) in [7, 11) is 1.74. The average Bonchev–Trinajstić information content (AvgIpc) is 2.87. The van der Waals surface area contributed by atoms with Crippen molar-refractivity contribution < 1.29 is 36.2 Å². The van der Waals surface area contributed by atoms with E-state index in [4.69, 9.17) is 9.84 Å². The smallest absolute Gasteiger partial charge is 0.336 e. The molecule has 1 aromatic carbocycles. The van der Waals surface area contributed by atoms with E-state index in [0.29, 0.717) is 12.3 Å². The molecule has 0 aliphatic carbocycles. The number of carbonyl (C=O) groups is 2. The molecule has 1 radical (unpaired) electrons. The molecule has 6 nitrogen and oxygen atoms in total. The molecule has 1 heterocycles. The van der Waals surface area contributed by atoms with Crippen LogP contribution in [0.2, 0.25) is 0 Å². The fourth-order valence-corrected chi connectivity index (χ4v) is 2.02. The Bertz CT molecular complexity index is 694. The van der Waals surface area contributed by atoms with Crippen molar-refractivity contribution >= 4 is 22.8 Å². The predicted molar refractivity (Wildman–Crippen MR) is 78.6 cm³/mol. The molecule has 0 unspecified atom stereocenters. The summed E-state index contributed by atoms with van der Waals surface area (Å²) in [5, 5.41) is 13.4. The summed E-state index contributed by atoms with van der Waals surface area (Å²) in [6.45, 7) is 0.675. The van der Waals surface area contributed by atoms with Gasteiger partial charge in [0.15, 0.2) is 0 Å². The molecule has 0 saturated carbocycles. The number of aromatic nitrogens is 1. The van der Waals surface area contributed by atoms with Crippen molar-refractivity contribution in [1.82, 2.24) is 4.98 Å². The van der Waals surface area contributed by atoms with Crippen molar-refractivity contribution in [1.29, 1.82) is 0 Å². The van der Waals surface area contributed by atoms with Crippen LogP contribution in [-0.2, 0) is 32.8 Å². The molecule has 7 heteroatoms. The number of rotatable bonds is 6. The zero-order chi connectivity index (χ0) is 15.2. The summed E-state index contributed by atoms with van der Waals surface area (Å²) >= 11 is 0. The molecule has 0 saturated heterocycles. The fraction of sp³-hybridized carbons (Fsp3) is 0.200. The average molecular weight is 346 g/mol.